The molecule has 0 saturated heterocycles. The average Bonchev–Trinajstić information content (AvgIpc) is 2.99. The Labute approximate surface area is 136 Å². The van der Waals surface area contributed by atoms with Crippen LogP contribution in [0.2, 0.25) is 10.0 Å². The Morgan fingerprint density at radius 1 is 1.33 bits per heavy atom. The number of hydrogen-bond acceptors (Lipinski definition) is 4. The first-order valence-corrected chi connectivity index (χ1v) is 7.94. The van der Waals surface area contributed by atoms with Crippen LogP contribution >= 0.6 is 35.0 Å². The summed E-state index contributed by atoms with van der Waals surface area (Å²) in [6.07, 6.45) is 1.63. The second-order valence-corrected chi connectivity index (χ2v) is 6.09. The van der Waals surface area contributed by atoms with E-state index in [2.05, 4.69) is 15.5 Å². The van der Waals surface area contributed by atoms with Crippen LogP contribution < -0.4 is 5.43 Å². The van der Waals surface area contributed by atoms with Crippen LogP contribution in [0.1, 0.15) is 11.3 Å². The number of aliphatic imine (C=N–C) groups is 1. The number of furan rings is 1. The summed E-state index contributed by atoms with van der Waals surface area (Å²) in [6.45, 7) is 0.495. The zero-order valence-corrected chi connectivity index (χ0v) is 13.2. The van der Waals surface area contributed by atoms with Gasteiger partial charge in [-0.15, -0.1) is 0 Å². The maximum atomic E-state index is 6.18. The molecular formula is C14H11Cl2N3OS. The van der Waals surface area contributed by atoms with E-state index in [1.54, 1.807) is 30.2 Å². The highest BCUT2D eigenvalue weighted by Gasteiger charge is 2.15. The standard InChI is InChI=1S/C14H11Cl2N3OS/c15-9-3-4-11(12(16)6-9)13-8-21-14(19-18-13)17-7-10-2-1-5-20-10/h1-6H,7-8H2,(H,17,19). The van der Waals surface area contributed by atoms with Gasteiger partial charge in [-0.2, -0.15) is 5.10 Å². The first-order valence-electron chi connectivity index (χ1n) is 6.20. The Kier molecular flexibility index (Phi) is 4.53. The van der Waals surface area contributed by atoms with Crippen molar-refractivity contribution in [3.05, 3.63) is 58.0 Å². The number of hydrazone groups is 1. The van der Waals surface area contributed by atoms with Crippen molar-refractivity contribution in [1.29, 1.82) is 0 Å². The summed E-state index contributed by atoms with van der Waals surface area (Å²) in [4.78, 5) is 4.40. The zero-order chi connectivity index (χ0) is 14.7. The molecule has 0 aliphatic carbocycles. The molecule has 0 radical (unpaired) electrons. The molecule has 0 saturated carbocycles. The molecule has 0 amide bonds. The van der Waals surface area contributed by atoms with E-state index in [0.29, 0.717) is 22.3 Å². The normalized spacial score (nSPS) is 16.7. The summed E-state index contributed by atoms with van der Waals surface area (Å²) < 4.78 is 5.23. The second kappa shape index (κ2) is 6.56. The molecule has 0 spiro atoms. The first kappa shape index (κ1) is 14.5. The Morgan fingerprint density at radius 2 is 2.24 bits per heavy atom. The molecule has 0 fully saturated rings. The minimum absolute atomic E-state index is 0.495. The third-order valence-electron chi connectivity index (χ3n) is 2.83. The Bertz CT molecular complexity index is 698. The number of thioether (sulfide) groups is 1. The van der Waals surface area contributed by atoms with E-state index in [4.69, 9.17) is 27.6 Å². The van der Waals surface area contributed by atoms with Crippen molar-refractivity contribution in [1.82, 2.24) is 5.43 Å². The van der Waals surface area contributed by atoms with Gasteiger partial charge in [0.2, 0.25) is 0 Å². The van der Waals surface area contributed by atoms with Crippen molar-refractivity contribution in [3.8, 4) is 0 Å². The summed E-state index contributed by atoms with van der Waals surface area (Å²) in [7, 11) is 0. The molecule has 1 N–H and O–H groups in total. The quantitative estimate of drug-likeness (QED) is 0.912. The largest absolute Gasteiger partial charge is 0.467 e. The Morgan fingerprint density at radius 3 is 2.90 bits per heavy atom. The van der Waals surface area contributed by atoms with Crippen LogP contribution in [0.4, 0.5) is 0 Å². The van der Waals surface area contributed by atoms with Crippen LogP contribution in [0.5, 0.6) is 0 Å². The molecule has 7 heteroatoms. The van der Waals surface area contributed by atoms with Crippen LogP contribution in [0.15, 0.2) is 51.1 Å². The van der Waals surface area contributed by atoms with Crippen LogP contribution in [-0.2, 0) is 6.54 Å². The van der Waals surface area contributed by atoms with E-state index in [9.17, 15) is 0 Å². The topological polar surface area (TPSA) is 49.9 Å². The van der Waals surface area contributed by atoms with Crippen molar-refractivity contribution in [2.45, 2.75) is 6.54 Å². The SMILES string of the molecule is Clc1ccc(C2=NNC(=NCc3ccco3)SC2)c(Cl)c1. The maximum Gasteiger partial charge on any atom is 0.177 e. The van der Waals surface area contributed by atoms with E-state index in [1.165, 1.54) is 0 Å². The van der Waals surface area contributed by atoms with Gasteiger partial charge >= 0.3 is 0 Å². The lowest BCUT2D eigenvalue weighted by atomic mass is 10.1. The van der Waals surface area contributed by atoms with Crippen molar-refractivity contribution in [3.63, 3.8) is 0 Å². The smallest absolute Gasteiger partial charge is 0.177 e. The van der Waals surface area contributed by atoms with Gasteiger partial charge in [-0.3, -0.25) is 10.4 Å². The van der Waals surface area contributed by atoms with Gasteiger partial charge in [0, 0.05) is 16.3 Å². The Balaban J connectivity index is 1.70. The molecule has 21 heavy (non-hydrogen) atoms. The van der Waals surface area contributed by atoms with Gasteiger partial charge in [0.15, 0.2) is 5.17 Å². The molecular weight excluding hydrogens is 329 g/mol. The van der Waals surface area contributed by atoms with E-state index in [1.807, 2.05) is 18.2 Å². The molecule has 1 aliphatic rings. The molecule has 3 rings (SSSR count). The van der Waals surface area contributed by atoms with Gasteiger partial charge < -0.3 is 4.42 Å². The molecule has 0 atom stereocenters. The molecule has 0 bridgehead atoms. The summed E-state index contributed by atoms with van der Waals surface area (Å²) in [6, 6.07) is 9.12. The highest BCUT2D eigenvalue weighted by molar-refractivity contribution is 8.14. The summed E-state index contributed by atoms with van der Waals surface area (Å²) in [5.74, 6) is 1.52. The lowest BCUT2D eigenvalue weighted by molar-refractivity contribution is 0.512. The number of hydrogen-bond donors (Lipinski definition) is 1. The summed E-state index contributed by atoms with van der Waals surface area (Å²) in [5, 5.41) is 6.30. The van der Waals surface area contributed by atoms with Crippen LogP contribution in [0, 0.1) is 0 Å². The van der Waals surface area contributed by atoms with Crippen LogP contribution in [-0.4, -0.2) is 16.6 Å². The van der Waals surface area contributed by atoms with Crippen LogP contribution in [0.25, 0.3) is 0 Å². The third-order valence-corrected chi connectivity index (χ3v) is 4.29. The predicted octanol–water partition coefficient (Wildman–Crippen LogP) is 4.18. The van der Waals surface area contributed by atoms with E-state index in [-0.39, 0.29) is 0 Å². The fraction of sp³-hybridized carbons (Fsp3) is 0.143. The number of amidine groups is 1. The van der Waals surface area contributed by atoms with Gasteiger partial charge in [0.1, 0.15) is 5.76 Å². The molecule has 1 aromatic heterocycles. The van der Waals surface area contributed by atoms with Gasteiger partial charge in [-0.05, 0) is 24.3 Å². The van der Waals surface area contributed by atoms with Gasteiger partial charge in [-0.1, -0.05) is 41.0 Å². The highest BCUT2D eigenvalue weighted by Crippen LogP contribution is 2.24. The number of benzene rings is 1. The third kappa shape index (κ3) is 3.61. The summed E-state index contributed by atoms with van der Waals surface area (Å²) in [5.41, 5.74) is 4.69. The molecule has 108 valence electrons. The lowest BCUT2D eigenvalue weighted by Gasteiger charge is -2.15. The second-order valence-electron chi connectivity index (χ2n) is 4.28. The number of halogens is 2. The Hall–Kier alpha value is -1.43. The molecule has 1 aromatic carbocycles. The number of rotatable bonds is 3. The fourth-order valence-electron chi connectivity index (χ4n) is 1.81. The molecule has 4 nitrogen and oxygen atoms in total. The summed E-state index contributed by atoms with van der Waals surface area (Å²) >= 11 is 13.7. The molecule has 2 aromatic rings. The molecule has 2 heterocycles. The number of nitrogens with zero attached hydrogens (tertiary/aromatic N) is 2. The fourth-order valence-corrected chi connectivity index (χ4v) is 3.09. The van der Waals surface area contributed by atoms with Crippen molar-refractivity contribution < 1.29 is 4.42 Å². The van der Waals surface area contributed by atoms with Gasteiger partial charge in [0.25, 0.3) is 0 Å². The van der Waals surface area contributed by atoms with Crippen molar-refractivity contribution >= 4 is 45.8 Å². The minimum atomic E-state index is 0.495. The molecule has 1 aliphatic heterocycles. The van der Waals surface area contributed by atoms with E-state index in [0.717, 1.165) is 22.2 Å². The minimum Gasteiger partial charge on any atom is -0.467 e. The van der Waals surface area contributed by atoms with Gasteiger partial charge in [-0.25, -0.2) is 0 Å². The van der Waals surface area contributed by atoms with Crippen molar-refractivity contribution in [2.24, 2.45) is 10.1 Å². The molecule has 0 unspecified atom stereocenters. The van der Waals surface area contributed by atoms with E-state index < -0.39 is 0 Å². The van der Waals surface area contributed by atoms with Crippen LogP contribution in [0.3, 0.4) is 0 Å². The van der Waals surface area contributed by atoms with E-state index >= 15 is 0 Å². The predicted molar refractivity (Wildman–Crippen MR) is 88.4 cm³/mol. The lowest BCUT2D eigenvalue weighted by Crippen LogP contribution is -2.25. The average molecular weight is 340 g/mol. The number of nitrogens with one attached hydrogen (secondary N) is 1. The monoisotopic (exact) mass is 339 g/mol. The maximum absolute atomic E-state index is 6.18. The van der Waals surface area contributed by atoms with Crippen molar-refractivity contribution in [2.75, 3.05) is 5.75 Å². The highest BCUT2D eigenvalue weighted by atomic mass is 35.5. The first-order chi connectivity index (χ1) is 10.2. The van der Waals surface area contributed by atoms with Gasteiger partial charge in [0.05, 0.1) is 23.5 Å². The zero-order valence-electron chi connectivity index (χ0n) is 10.8.